The molecule has 0 aliphatic carbocycles. The van der Waals surface area contributed by atoms with Crippen LogP contribution in [0.2, 0.25) is 0 Å². The molecule has 1 aliphatic rings. The van der Waals surface area contributed by atoms with Gasteiger partial charge >= 0.3 is 0 Å². The van der Waals surface area contributed by atoms with Crippen molar-refractivity contribution in [1.82, 2.24) is 0 Å². The first-order valence-corrected chi connectivity index (χ1v) is 5.49. The van der Waals surface area contributed by atoms with E-state index in [1.165, 1.54) is 0 Å². The highest BCUT2D eigenvalue weighted by molar-refractivity contribution is 14.1. The summed E-state index contributed by atoms with van der Waals surface area (Å²) in [5.74, 6) is -0.926. The van der Waals surface area contributed by atoms with Crippen LogP contribution < -0.4 is 0 Å². The predicted molar refractivity (Wildman–Crippen MR) is 59.8 cm³/mol. The van der Waals surface area contributed by atoms with Crippen LogP contribution in [0.5, 0.6) is 0 Å². The molecule has 0 unspecified atom stereocenters. The largest absolute Gasteiger partial charge is 0.390 e. The SMILES string of the molecule is OCC1(c2ccc(I)cc2)OCCO1. The molecule has 3 nitrogen and oxygen atoms in total. The van der Waals surface area contributed by atoms with Crippen LogP contribution in [-0.4, -0.2) is 24.9 Å². The Morgan fingerprint density at radius 2 is 1.79 bits per heavy atom. The maximum absolute atomic E-state index is 9.29. The second-order valence-electron chi connectivity index (χ2n) is 3.11. The van der Waals surface area contributed by atoms with Gasteiger partial charge in [-0.3, -0.25) is 0 Å². The topological polar surface area (TPSA) is 38.7 Å². The van der Waals surface area contributed by atoms with Gasteiger partial charge in [0.05, 0.1) is 13.2 Å². The van der Waals surface area contributed by atoms with Crippen molar-refractivity contribution in [3.05, 3.63) is 33.4 Å². The van der Waals surface area contributed by atoms with E-state index in [9.17, 15) is 5.11 Å². The molecule has 0 saturated carbocycles. The van der Waals surface area contributed by atoms with Gasteiger partial charge in [0.15, 0.2) is 0 Å². The Morgan fingerprint density at radius 1 is 1.21 bits per heavy atom. The third-order valence-corrected chi connectivity index (χ3v) is 2.97. The summed E-state index contributed by atoms with van der Waals surface area (Å²) in [6, 6.07) is 7.78. The summed E-state index contributed by atoms with van der Waals surface area (Å²) >= 11 is 2.23. The lowest BCUT2D eigenvalue weighted by atomic mass is 10.1. The zero-order valence-corrected chi connectivity index (χ0v) is 9.73. The summed E-state index contributed by atoms with van der Waals surface area (Å²) in [5.41, 5.74) is 0.873. The van der Waals surface area contributed by atoms with E-state index in [1.54, 1.807) is 0 Å². The van der Waals surface area contributed by atoms with Crippen LogP contribution in [0.1, 0.15) is 5.56 Å². The first-order valence-electron chi connectivity index (χ1n) is 4.42. The van der Waals surface area contributed by atoms with Gasteiger partial charge in [-0.2, -0.15) is 0 Å². The predicted octanol–water partition coefficient (Wildman–Crippen LogP) is 1.48. The number of hydrogen-bond acceptors (Lipinski definition) is 3. The normalized spacial score (nSPS) is 19.9. The van der Waals surface area contributed by atoms with Crippen LogP contribution in [0, 0.1) is 3.57 Å². The van der Waals surface area contributed by atoms with E-state index in [0.29, 0.717) is 13.2 Å². The molecule has 76 valence electrons. The zero-order chi connectivity index (χ0) is 10.0. The highest BCUT2D eigenvalue weighted by atomic mass is 127. The molecule has 2 rings (SSSR count). The minimum absolute atomic E-state index is 0.145. The smallest absolute Gasteiger partial charge is 0.219 e. The fourth-order valence-electron chi connectivity index (χ4n) is 1.51. The van der Waals surface area contributed by atoms with Gasteiger partial charge < -0.3 is 14.6 Å². The van der Waals surface area contributed by atoms with E-state index in [0.717, 1.165) is 9.13 Å². The zero-order valence-electron chi connectivity index (χ0n) is 7.57. The second-order valence-corrected chi connectivity index (χ2v) is 4.36. The fraction of sp³-hybridized carbons (Fsp3) is 0.400. The van der Waals surface area contributed by atoms with E-state index >= 15 is 0 Å². The molecule has 1 saturated heterocycles. The van der Waals surface area contributed by atoms with E-state index in [2.05, 4.69) is 22.6 Å². The van der Waals surface area contributed by atoms with Gasteiger partial charge in [-0.25, -0.2) is 0 Å². The molecule has 0 radical (unpaired) electrons. The second kappa shape index (κ2) is 4.14. The average Bonchev–Trinajstić information content (AvgIpc) is 2.68. The quantitative estimate of drug-likeness (QED) is 0.841. The van der Waals surface area contributed by atoms with E-state index < -0.39 is 5.79 Å². The number of hydrogen-bond donors (Lipinski definition) is 1. The molecule has 0 aromatic heterocycles. The number of ether oxygens (including phenoxy) is 2. The highest BCUT2D eigenvalue weighted by Gasteiger charge is 2.37. The molecule has 1 aliphatic heterocycles. The molecular weight excluding hydrogens is 295 g/mol. The van der Waals surface area contributed by atoms with E-state index in [4.69, 9.17) is 9.47 Å². The molecule has 14 heavy (non-hydrogen) atoms. The Morgan fingerprint density at radius 3 is 2.29 bits per heavy atom. The Balaban J connectivity index is 2.31. The Bertz CT molecular complexity index is 304. The average molecular weight is 306 g/mol. The molecule has 1 fully saturated rings. The molecular formula is C10H11IO3. The maximum atomic E-state index is 9.29. The molecule has 1 aromatic rings. The van der Waals surface area contributed by atoms with Crippen molar-refractivity contribution in [1.29, 1.82) is 0 Å². The first-order chi connectivity index (χ1) is 6.77. The van der Waals surface area contributed by atoms with Crippen molar-refractivity contribution in [2.24, 2.45) is 0 Å². The third-order valence-electron chi connectivity index (χ3n) is 2.25. The molecule has 4 heteroatoms. The summed E-state index contributed by atoms with van der Waals surface area (Å²) in [5, 5.41) is 9.29. The van der Waals surface area contributed by atoms with Crippen LogP contribution in [0.4, 0.5) is 0 Å². The van der Waals surface area contributed by atoms with Crippen LogP contribution in [0.3, 0.4) is 0 Å². The van der Waals surface area contributed by atoms with Crippen molar-refractivity contribution in [2.45, 2.75) is 5.79 Å². The Hall–Kier alpha value is -0.170. The third kappa shape index (κ3) is 1.79. The molecule has 0 spiro atoms. The van der Waals surface area contributed by atoms with Gasteiger partial charge in [-0.15, -0.1) is 0 Å². The van der Waals surface area contributed by atoms with Crippen molar-refractivity contribution in [2.75, 3.05) is 19.8 Å². The molecule has 1 heterocycles. The molecule has 0 atom stereocenters. The van der Waals surface area contributed by atoms with Crippen molar-refractivity contribution in [3.8, 4) is 0 Å². The lowest BCUT2D eigenvalue weighted by molar-refractivity contribution is -0.191. The van der Waals surface area contributed by atoms with Crippen LogP contribution in [0.15, 0.2) is 24.3 Å². The summed E-state index contributed by atoms with van der Waals surface area (Å²) in [7, 11) is 0. The molecule has 1 N–H and O–H groups in total. The lowest BCUT2D eigenvalue weighted by Gasteiger charge is -2.25. The van der Waals surface area contributed by atoms with Crippen molar-refractivity contribution >= 4 is 22.6 Å². The van der Waals surface area contributed by atoms with Crippen molar-refractivity contribution < 1.29 is 14.6 Å². The van der Waals surface area contributed by atoms with Gasteiger partial charge in [0.25, 0.3) is 0 Å². The number of rotatable bonds is 2. The van der Waals surface area contributed by atoms with Gasteiger partial charge in [-0.1, -0.05) is 12.1 Å². The Labute approximate surface area is 96.2 Å². The number of benzene rings is 1. The molecule has 1 aromatic carbocycles. The number of halogens is 1. The van der Waals surface area contributed by atoms with Crippen molar-refractivity contribution in [3.63, 3.8) is 0 Å². The molecule has 0 amide bonds. The standard InChI is InChI=1S/C10H11IO3/c11-9-3-1-8(2-4-9)10(7-12)13-5-6-14-10/h1-4,12H,5-7H2. The van der Waals surface area contributed by atoms with E-state index in [-0.39, 0.29) is 6.61 Å². The van der Waals surface area contributed by atoms with Crippen LogP contribution in [-0.2, 0) is 15.3 Å². The number of aliphatic hydroxyl groups is 1. The Kier molecular flexibility index (Phi) is 3.06. The van der Waals surface area contributed by atoms with Crippen LogP contribution >= 0.6 is 22.6 Å². The minimum atomic E-state index is -0.926. The lowest BCUT2D eigenvalue weighted by Crippen LogP contribution is -2.31. The fourth-order valence-corrected chi connectivity index (χ4v) is 1.87. The molecule has 0 bridgehead atoms. The van der Waals surface area contributed by atoms with Crippen LogP contribution in [0.25, 0.3) is 0 Å². The number of aliphatic hydroxyl groups excluding tert-OH is 1. The van der Waals surface area contributed by atoms with Gasteiger partial charge in [0.2, 0.25) is 5.79 Å². The summed E-state index contributed by atoms with van der Waals surface area (Å²) in [6.45, 7) is 0.923. The summed E-state index contributed by atoms with van der Waals surface area (Å²) < 4.78 is 12.0. The maximum Gasteiger partial charge on any atom is 0.219 e. The first kappa shape index (κ1) is 10.4. The monoisotopic (exact) mass is 306 g/mol. The van der Waals surface area contributed by atoms with Gasteiger partial charge in [-0.05, 0) is 34.7 Å². The highest BCUT2D eigenvalue weighted by Crippen LogP contribution is 2.31. The van der Waals surface area contributed by atoms with Gasteiger partial charge in [0, 0.05) is 9.13 Å². The summed E-state index contributed by atoms with van der Waals surface area (Å²) in [4.78, 5) is 0. The van der Waals surface area contributed by atoms with Gasteiger partial charge in [0.1, 0.15) is 6.61 Å². The summed E-state index contributed by atoms with van der Waals surface area (Å²) in [6.07, 6.45) is 0. The van der Waals surface area contributed by atoms with E-state index in [1.807, 2.05) is 24.3 Å². The minimum Gasteiger partial charge on any atom is -0.390 e.